The molecular formula is C13H10FNO3. The van der Waals surface area contributed by atoms with Crippen molar-refractivity contribution in [2.45, 2.75) is 0 Å². The Labute approximate surface area is 103 Å². The Morgan fingerprint density at radius 2 is 1.72 bits per heavy atom. The minimum atomic E-state index is -1.23. The van der Waals surface area contributed by atoms with Gasteiger partial charge < -0.3 is 10.2 Å². The zero-order chi connectivity index (χ0) is 13.1. The summed E-state index contributed by atoms with van der Waals surface area (Å²) in [5.74, 6) is -0.485. The summed E-state index contributed by atoms with van der Waals surface area (Å²) in [6.45, 7) is 0. The number of aromatic hydroxyl groups is 1. The highest BCUT2D eigenvalue weighted by atomic mass is 19.1. The van der Waals surface area contributed by atoms with Crippen molar-refractivity contribution in [1.29, 1.82) is 0 Å². The van der Waals surface area contributed by atoms with Crippen molar-refractivity contribution in [3.8, 4) is 5.75 Å². The summed E-state index contributed by atoms with van der Waals surface area (Å²) in [6, 6.07) is 10.9. The van der Waals surface area contributed by atoms with E-state index in [9.17, 15) is 14.3 Å². The van der Waals surface area contributed by atoms with Crippen molar-refractivity contribution >= 4 is 17.5 Å². The summed E-state index contributed by atoms with van der Waals surface area (Å²) in [6.07, 6.45) is -1.23. The molecular weight excluding hydrogens is 237 g/mol. The third-order valence-electron chi connectivity index (χ3n) is 2.37. The first kappa shape index (κ1) is 11.9. The maximum absolute atomic E-state index is 13.1. The van der Waals surface area contributed by atoms with Crippen LogP contribution in [-0.4, -0.2) is 16.3 Å². The van der Waals surface area contributed by atoms with Gasteiger partial charge in [0.05, 0.1) is 11.4 Å². The van der Waals surface area contributed by atoms with E-state index in [0.717, 1.165) is 11.0 Å². The second-order valence-electron chi connectivity index (χ2n) is 3.61. The number of carboxylic acid groups (broad SMARTS) is 1. The van der Waals surface area contributed by atoms with Gasteiger partial charge in [-0.1, -0.05) is 6.07 Å². The van der Waals surface area contributed by atoms with E-state index in [4.69, 9.17) is 5.11 Å². The molecule has 0 radical (unpaired) electrons. The van der Waals surface area contributed by atoms with E-state index in [1.54, 1.807) is 0 Å². The normalized spacial score (nSPS) is 10.1. The minimum Gasteiger partial charge on any atom is -0.508 e. The van der Waals surface area contributed by atoms with Crippen LogP contribution in [0.1, 0.15) is 0 Å². The van der Waals surface area contributed by atoms with Gasteiger partial charge >= 0.3 is 6.09 Å². The van der Waals surface area contributed by atoms with E-state index in [1.165, 1.54) is 42.5 Å². The monoisotopic (exact) mass is 247 g/mol. The third-order valence-corrected chi connectivity index (χ3v) is 2.37. The number of amides is 1. The molecule has 0 heterocycles. The number of phenols is 1. The Balaban J connectivity index is 2.46. The van der Waals surface area contributed by atoms with Gasteiger partial charge in [0.25, 0.3) is 0 Å². The fraction of sp³-hybridized carbons (Fsp3) is 0. The predicted molar refractivity (Wildman–Crippen MR) is 64.7 cm³/mol. The molecule has 0 aliphatic carbocycles. The van der Waals surface area contributed by atoms with E-state index >= 15 is 0 Å². The molecule has 0 saturated heterocycles. The van der Waals surface area contributed by atoms with Crippen LogP contribution in [0.15, 0.2) is 48.5 Å². The average molecular weight is 247 g/mol. The highest BCUT2D eigenvalue weighted by Crippen LogP contribution is 2.27. The molecule has 0 atom stereocenters. The van der Waals surface area contributed by atoms with E-state index in [1.807, 2.05) is 0 Å². The van der Waals surface area contributed by atoms with Crippen LogP contribution in [0.3, 0.4) is 0 Å². The molecule has 5 heteroatoms. The zero-order valence-electron chi connectivity index (χ0n) is 9.25. The van der Waals surface area contributed by atoms with Gasteiger partial charge in [-0.15, -0.1) is 0 Å². The second kappa shape index (κ2) is 4.75. The molecule has 92 valence electrons. The first-order valence-electron chi connectivity index (χ1n) is 5.15. The molecule has 2 N–H and O–H groups in total. The lowest BCUT2D eigenvalue weighted by atomic mass is 10.2. The SMILES string of the molecule is O=C(O)N(c1ccc(O)cc1)c1cccc(F)c1. The van der Waals surface area contributed by atoms with Crippen LogP contribution in [0.4, 0.5) is 20.6 Å². The zero-order valence-corrected chi connectivity index (χ0v) is 9.25. The molecule has 0 aliphatic heterocycles. The van der Waals surface area contributed by atoms with E-state index in [0.29, 0.717) is 5.69 Å². The summed E-state index contributed by atoms with van der Waals surface area (Å²) < 4.78 is 13.1. The van der Waals surface area contributed by atoms with Gasteiger partial charge in [-0.3, -0.25) is 0 Å². The van der Waals surface area contributed by atoms with Gasteiger partial charge in [-0.2, -0.15) is 0 Å². The molecule has 1 amide bonds. The average Bonchev–Trinajstić information content (AvgIpc) is 2.32. The lowest BCUT2D eigenvalue weighted by Crippen LogP contribution is -2.23. The Morgan fingerprint density at radius 3 is 2.28 bits per heavy atom. The molecule has 0 aliphatic rings. The molecule has 0 saturated carbocycles. The largest absolute Gasteiger partial charge is 0.508 e. The van der Waals surface area contributed by atoms with Crippen LogP contribution in [0, 0.1) is 5.82 Å². The molecule has 2 aromatic carbocycles. The molecule has 18 heavy (non-hydrogen) atoms. The summed E-state index contributed by atoms with van der Waals surface area (Å²) in [7, 11) is 0. The van der Waals surface area contributed by atoms with Gasteiger partial charge in [-0.05, 0) is 42.5 Å². The molecule has 0 bridgehead atoms. The maximum atomic E-state index is 13.1. The lowest BCUT2D eigenvalue weighted by molar-refractivity contribution is 0.205. The van der Waals surface area contributed by atoms with Crippen LogP contribution < -0.4 is 4.90 Å². The molecule has 0 spiro atoms. The van der Waals surface area contributed by atoms with E-state index in [-0.39, 0.29) is 11.4 Å². The number of anilines is 2. The minimum absolute atomic E-state index is 0.0309. The number of hydrogen-bond donors (Lipinski definition) is 2. The van der Waals surface area contributed by atoms with Crippen LogP contribution in [0.2, 0.25) is 0 Å². The molecule has 2 aromatic rings. The van der Waals surface area contributed by atoms with Crippen LogP contribution in [0.25, 0.3) is 0 Å². The fourth-order valence-electron chi connectivity index (χ4n) is 1.59. The summed E-state index contributed by atoms with van der Waals surface area (Å²) in [5, 5.41) is 18.3. The van der Waals surface area contributed by atoms with Crippen molar-refractivity contribution in [2.75, 3.05) is 4.90 Å². The van der Waals surface area contributed by atoms with Crippen molar-refractivity contribution in [2.24, 2.45) is 0 Å². The summed E-state index contributed by atoms with van der Waals surface area (Å²) in [4.78, 5) is 12.2. The highest BCUT2D eigenvalue weighted by Gasteiger charge is 2.17. The van der Waals surface area contributed by atoms with Gasteiger partial charge in [0, 0.05) is 0 Å². The van der Waals surface area contributed by atoms with Crippen molar-refractivity contribution < 1.29 is 19.4 Å². The molecule has 0 unspecified atom stereocenters. The third kappa shape index (κ3) is 2.40. The predicted octanol–water partition coefficient (Wildman–Crippen LogP) is 3.35. The van der Waals surface area contributed by atoms with Gasteiger partial charge in [0.1, 0.15) is 11.6 Å². The smallest absolute Gasteiger partial charge is 0.416 e. The summed E-state index contributed by atoms with van der Waals surface area (Å²) >= 11 is 0. The standard InChI is InChI=1S/C13H10FNO3/c14-9-2-1-3-11(8-9)15(13(17)18)10-4-6-12(16)7-5-10/h1-8,16H,(H,17,18). The van der Waals surface area contributed by atoms with Gasteiger partial charge in [-0.25, -0.2) is 14.1 Å². The Kier molecular flexibility index (Phi) is 3.14. The Morgan fingerprint density at radius 1 is 1.06 bits per heavy atom. The van der Waals surface area contributed by atoms with Crippen LogP contribution in [0.5, 0.6) is 5.75 Å². The molecule has 2 rings (SSSR count). The Hall–Kier alpha value is -2.56. The highest BCUT2D eigenvalue weighted by molar-refractivity contribution is 5.94. The van der Waals surface area contributed by atoms with Crippen LogP contribution in [-0.2, 0) is 0 Å². The van der Waals surface area contributed by atoms with E-state index in [2.05, 4.69) is 0 Å². The topological polar surface area (TPSA) is 60.8 Å². The van der Waals surface area contributed by atoms with Crippen molar-refractivity contribution in [3.05, 3.63) is 54.3 Å². The number of benzene rings is 2. The lowest BCUT2D eigenvalue weighted by Gasteiger charge is -2.19. The number of hydrogen-bond acceptors (Lipinski definition) is 2. The fourth-order valence-corrected chi connectivity index (χ4v) is 1.59. The van der Waals surface area contributed by atoms with E-state index < -0.39 is 11.9 Å². The van der Waals surface area contributed by atoms with Crippen molar-refractivity contribution in [3.63, 3.8) is 0 Å². The number of nitrogens with zero attached hydrogens (tertiary/aromatic N) is 1. The number of halogens is 1. The van der Waals surface area contributed by atoms with Gasteiger partial charge in [0.2, 0.25) is 0 Å². The first-order valence-corrected chi connectivity index (χ1v) is 5.15. The Bertz CT molecular complexity index is 569. The van der Waals surface area contributed by atoms with Gasteiger partial charge in [0.15, 0.2) is 0 Å². The molecule has 0 aromatic heterocycles. The number of phenolic OH excluding ortho intramolecular Hbond substituents is 1. The number of rotatable bonds is 2. The quantitative estimate of drug-likeness (QED) is 0.855. The maximum Gasteiger partial charge on any atom is 0.416 e. The molecule has 4 nitrogen and oxygen atoms in total. The van der Waals surface area contributed by atoms with Crippen LogP contribution >= 0.6 is 0 Å². The second-order valence-corrected chi connectivity index (χ2v) is 3.61. The summed E-state index contributed by atoms with van der Waals surface area (Å²) in [5.41, 5.74) is 0.527. The number of carbonyl (C=O) groups is 1. The molecule has 0 fully saturated rings. The van der Waals surface area contributed by atoms with Crippen molar-refractivity contribution in [1.82, 2.24) is 0 Å². The first-order chi connectivity index (χ1) is 8.58.